The minimum absolute atomic E-state index is 0.0453. The SMILES string of the molecule is CC(=O)n1ccc2cc(C[C@H](C)N)cc(C#N)c21. The van der Waals surface area contributed by atoms with Crippen molar-refractivity contribution in [2.45, 2.75) is 26.3 Å². The molecule has 1 aromatic heterocycles. The van der Waals surface area contributed by atoms with Crippen LogP contribution < -0.4 is 5.73 Å². The first-order chi connectivity index (χ1) is 8.52. The maximum Gasteiger partial charge on any atom is 0.227 e. The fourth-order valence-electron chi connectivity index (χ4n) is 2.18. The third kappa shape index (κ3) is 2.13. The molecule has 0 aliphatic rings. The average molecular weight is 241 g/mol. The summed E-state index contributed by atoms with van der Waals surface area (Å²) in [5, 5.41) is 10.1. The summed E-state index contributed by atoms with van der Waals surface area (Å²) in [5.74, 6) is -0.0959. The van der Waals surface area contributed by atoms with Crippen LogP contribution in [0.3, 0.4) is 0 Å². The van der Waals surface area contributed by atoms with Crippen molar-refractivity contribution < 1.29 is 4.79 Å². The molecule has 2 N–H and O–H groups in total. The summed E-state index contributed by atoms with van der Waals surface area (Å²) in [6, 6.07) is 7.84. The molecule has 4 nitrogen and oxygen atoms in total. The molecule has 0 aliphatic carbocycles. The predicted octanol–water partition coefficient (Wildman–Crippen LogP) is 2.06. The van der Waals surface area contributed by atoms with Crippen LogP contribution in [0.25, 0.3) is 10.9 Å². The highest BCUT2D eigenvalue weighted by molar-refractivity contribution is 5.95. The van der Waals surface area contributed by atoms with Gasteiger partial charge in [0.15, 0.2) is 0 Å². The number of carbonyl (C=O) groups is 1. The highest BCUT2D eigenvalue weighted by atomic mass is 16.1. The molecular weight excluding hydrogens is 226 g/mol. The van der Waals surface area contributed by atoms with Crippen LogP contribution in [-0.4, -0.2) is 16.5 Å². The molecule has 92 valence electrons. The van der Waals surface area contributed by atoms with Gasteiger partial charge in [0.05, 0.1) is 11.1 Å². The molecule has 0 aliphatic heterocycles. The Bertz CT molecular complexity index is 647. The van der Waals surface area contributed by atoms with Crippen LogP contribution in [0, 0.1) is 11.3 Å². The number of nitrogens with two attached hydrogens (primary N) is 1. The van der Waals surface area contributed by atoms with Gasteiger partial charge in [-0.05, 0) is 37.1 Å². The van der Waals surface area contributed by atoms with Gasteiger partial charge in [-0.3, -0.25) is 9.36 Å². The van der Waals surface area contributed by atoms with Crippen molar-refractivity contribution in [1.82, 2.24) is 4.57 Å². The molecule has 0 saturated carbocycles. The van der Waals surface area contributed by atoms with Crippen molar-refractivity contribution in [3.8, 4) is 6.07 Å². The first-order valence-corrected chi connectivity index (χ1v) is 5.83. The van der Waals surface area contributed by atoms with Gasteiger partial charge in [-0.15, -0.1) is 0 Å². The predicted molar refractivity (Wildman–Crippen MR) is 70.3 cm³/mol. The van der Waals surface area contributed by atoms with E-state index in [1.54, 1.807) is 6.20 Å². The van der Waals surface area contributed by atoms with Crippen LogP contribution in [-0.2, 0) is 6.42 Å². The molecule has 0 saturated heterocycles. The third-order valence-electron chi connectivity index (χ3n) is 2.86. The van der Waals surface area contributed by atoms with E-state index in [9.17, 15) is 10.1 Å². The normalized spacial score (nSPS) is 12.3. The zero-order valence-corrected chi connectivity index (χ0v) is 10.5. The molecule has 0 bridgehead atoms. The summed E-state index contributed by atoms with van der Waals surface area (Å²) in [6.45, 7) is 3.41. The average Bonchev–Trinajstić information content (AvgIpc) is 2.70. The lowest BCUT2D eigenvalue weighted by atomic mass is 10.0. The number of benzene rings is 1. The number of fused-ring (bicyclic) bond motifs is 1. The van der Waals surface area contributed by atoms with Crippen molar-refractivity contribution in [3.63, 3.8) is 0 Å². The van der Waals surface area contributed by atoms with Crippen LogP contribution in [0.4, 0.5) is 0 Å². The standard InChI is InChI=1S/C14H15N3O/c1-9(16)5-11-6-12-3-4-17(10(2)18)14(12)13(7-11)8-15/h3-4,6-7,9H,5,16H2,1-2H3/t9-/m0/s1. The van der Waals surface area contributed by atoms with E-state index in [0.717, 1.165) is 17.4 Å². The van der Waals surface area contributed by atoms with E-state index in [2.05, 4.69) is 6.07 Å². The smallest absolute Gasteiger partial charge is 0.227 e. The van der Waals surface area contributed by atoms with E-state index in [-0.39, 0.29) is 11.9 Å². The molecule has 0 unspecified atom stereocenters. The highest BCUT2D eigenvalue weighted by Gasteiger charge is 2.11. The van der Waals surface area contributed by atoms with Crippen LogP contribution in [0.15, 0.2) is 24.4 Å². The van der Waals surface area contributed by atoms with Crippen molar-refractivity contribution >= 4 is 16.8 Å². The van der Waals surface area contributed by atoms with Crippen LogP contribution >= 0.6 is 0 Å². The van der Waals surface area contributed by atoms with Crippen LogP contribution in [0.2, 0.25) is 0 Å². The van der Waals surface area contributed by atoms with Crippen molar-refractivity contribution in [1.29, 1.82) is 5.26 Å². The zero-order chi connectivity index (χ0) is 13.3. The Kier molecular flexibility index (Phi) is 3.17. The monoisotopic (exact) mass is 241 g/mol. The van der Waals surface area contributed by atoms with Gasteiger partial charge < -0.3 is 5.73 Å². The molecule has 0 spiro atoms. The van der Waals surface area contributed by atoms with Gasteiger partial charge in [0.25, 0.3) is 0 Å². The van der Waals surface area contributed by atoms with Crippen molar-refractivity contribution in [2.75, 3.05) is 0 Å². The number of nitriles is 1. The molecule has 18 heavy (non-hydrogen) atoms. The summed E-state index contributed by atoms with van der Waals surface area (Å²) in [7, 11) is 0. The van der Waals surface area contributed by atoms with Crippen LogP contribution in [0.5, 0.6) is 0 Å². The number of hydrogen-bond acceptors (Lipinski definition) is 3. The Morgan fingerprint density at radius 2 is 2.28 bits per heavy atom. The number of rotatable bonds is 2. The largest absolute Gasteiger partial charge is 0.328 e. The molecule has 1 atom stereocenters. The molecular formula is C14H15N3O. The zero-order valence-electron chi connectivity index (χ0n) is 10.5. The summed E-state index contributed by atoms with van der Waals surface area (Å²) in [5.41, 5.74) is 7.99. The summed E-state index contributed by atoms with van der Waals surface area (Å²) < 4.78 is 1.50. The summed E-state index contributed by atoms with van der Waals surface area (Å²) in [4.78, 5) is 11.5. The molecule has 2 rings (SSSR count). The summed E-state index contributed by atoms with van der Waals surface area (Å²) >= 11 is 0. The molecule has 0 radical (unpaired) electrons. The van der Waals surface area contributed by atoms with Gasteiger partial charge in [0, 0.05) is 24.5 Å². The van der Waals surface area contributed by atoms with E-state index < -0.39 is 0 Å². The number of carbonyl (C=O) groups excluding carboxylic acids is 1. The van der Waals surface area contributed by atoms with E-state index in [0.29, 0.717) is 11.1 Å². The first-order valence-electron chi connectivity index (χ1n) is 5.83. The van der Waals surface area contributed by atoms with E-state index in [4.69, 9.17) is 5.73 Å². The first kappa shape index (κ1) is 12.3. The number of hydrogen-bond donors (Lipinski definition) is 1. The van der Waals surface area contributed by atoms with Gasteiger partial charge in [-0.25, -0.2) is 0 Å². The van der Waals surface area contributed by atoms with Gasteiger partial charge in [0.2, 0.25) is 5.91 Å². The van der Waals surface area contributed by atoms with Gasteiger partial charge in [-0.2, -0.15) is 5.26 Å². The topological polar surface area (TPSA) is 71.8 Å². The minimum atomic E-state index is -0.0959. The van der Waals surface area contributed by atoms with E-state index in [1.807, 2.05) is 25.1 Å². The Balaban J connectivity index is 2.66. The third-order valence-corrected chi connectivity index (χ3v) is 2.86. The number of nitrogens with zero attached hydrogens (tertiary/aromatic N) is 2. The van der Waals surface area contributed by atoms with Gasteiger partial charge >= 0.3 is 0 Å². The quantitative estimate of drug-likeness (QED) is 0.874. The molecule has 1 aromatic carbocycles. The fraction of sp³-hybridized carbons (Fsp3) is 0.286. The second kappa shape index (κ2) is 4.63. The van der Waals surface area contributed by atoms with Gasteiger partial charge in [0.1, 0.15) is 6.07 Å². The molecule has 2 aromatic rings. The highest BCUT2D eigenvalue weighted by Crippen LogP contribution is 2.23. The number of aromatic nitrogens is 1. The molecule has 0 fully saturated rings. The molecule has 0 amide bonds. The Labute approximate surface area is 106 Å². The lowest BCUT2D eigenvalue weighted by Gasteiger charge is -2.08. The maximum absolute atomic E-state index is 11.5. The Morgan fingerprint density at radius 1 is 1.56 bits per heavy atom. The van der Waals surface area contributed by atoms with E-state index >= 15 is 0 Å². The second-order valence-corrected chi connectivity index (χ2v) is 4.58. The van der Waals surface area contributed by atoms with Crippen molar-refractivity contribution in [2.24, 2.45) is 5.73 Å². The van der Waals surface area contributed by atoms with Crippen LogP contribution in [0.1, 0.15) is 29.8 Å². The second-order valence-electron chi connectivity index (χ2n) is 4.58. The summed E-state index contributed by atoms with van der Waals surface area (Å²) in [6.07, 6.45) is 2.42. The minimum Gasteiger partial charge on any atom is -0.328 e. The van der Waals surface area contributed by atoms with E-state index in [1.165, 1.54) is 11.5 Å². The maximum atomic E-state index is 11.5. The Morgan fingerprint density at radius 3 is 2.83 bits per heavy atom. The lowest BCUT2D eigenvalue weighted by molar-refractivity contribution is 0.0941. The fourth-order valence-corrected chi connectivity index (χ4v) is 2.18. The molecule has 4 heteroatoms. The molecule has 1 heterocycles. The van der Waals surface area contributed by atoms with Crippen molar-refractivity contribution in [3.05, 3.63) is 35.5 Å². The lowest BCUT2D eigenvalue weighted by Crippen LogP contribution is -2.17. The Hall–Kier alpha value is -2.12. The van der Waals surface area contributed by atoms with Gasteiger partial charge in [-0.1, -0.05) is 0 Å².